The molecule has 0 saturated heterocycles. The maximum atomic E-state index is 11.2. The zero-order chi connectivity index (χ0) is 11.9. The fourth-order valence-corrected chi connectivity index (χ4v) is 2.06. The molecule has 2 rings (SSSR count). The molecular formula is C13H15NO2. The molecule has 3 heteroatoms. The van der Waals surface area contributed by atoms with E-state index in [1.54, 1.807) is 12.1 Å². The summed E-state index contributed by atoms with van der Waals surface area (Å²) < 4.78 is 2.02. The van der Waals surface area contributed by atoms with Crippen LogP contribution in [0.3, 0.4) is 0 Å². The molecule has 1 N–H and O–H groups in total. The first-order valence-electron chi connectivity index (χ1n) is 5.36. The third-order valence-electron chi connectivity index (χ3n) is 2.84. The molecule has 1 aromatic carbocycles. The highest BCUT2D eigenvalue weighted by Gasteiger charge is 2.15. The number of rotatable bonds is 2. The summed E-state index contributed by atoms with van der Waals surface area (Å²) in [5, 5.41) is 10.2. The van der Waals surface area contributed by atoms with Gasteiger partial charge >= 0.3 is 5.97 Å². The van der Waals surface area contributed by atoms with Gasteiger partial charge in [-0.05, 0) is 32.4 Å². The second kappa shape index (κ2) is 3.67. The van der Waals surface area contributed by atoms with Gasteiger partial charge in [0.1, 0.15) is 0 Å². The molecule has 16 heavy (non-hydrogen) atoms. The predicted octanol–water partition coefficient (Wildman–Crippen LogP) is 3.23. The molecule has 84 valence electrons. The minimum atomic E-state index is -0.870. The van der Waals surface area contributed by atoms with Crippen molar-refractivity contribution in [3.8, 4) is 0 Å². The van der Waals surface area contributed by atoms with Crippen molar-refractivity contribution in [3.05, 3.63) is 35.5 Å². The van der Waals surface area contributed by atoms with Crippen molar-refractivity contribution in [1.82, 2.24) is 4.57 Å². The lowest BCUT2D eigenvalue weighted by Gasteiger charge is -2.10. The Bertz CT molecular complexity index is 552. The van der Waals surface area contributed by atoms with Crippen LogP contribution in [-0.4, -0.2) is 15.6 Å². The molecule has 2 aromatic rings. The molecule has 0 aliphatic rings. The molecule has 0 unspecified atom stereocenters. The highest BCUT2D eigenvalue weighted by atomic mass is 16.4. The average Bonchev–Trinajstić information content (AvgIpc) is 2.56. The Morgan fingerprint density at radius 1 is 1.38 bits per heavy atom. The van der Waals surface area contributed by atoms with Crippen LogP contribution in [0.25, 0.3) is 10.9 Å². The van der Waals surface area contributed by atoms with Crippen molar-refractivity contribution in [2.75, 3.05) is 0 Å². The van der Waals surface area contributed by atoms with E-state index in [-0.39, 0.29) is 6.04 Å². The number of carboxylic acids is 1. The van der Waals surface area contributed by atoms with Gasteiger partial charge in [-0.1, -0.05) is 12.1 Å². The SMILES string of the molecule is Cc1cn(C(C)C)c2c(C(=O)O)cccc12. The molecule has 0 radical (unpaired) electrons. The number of hydrogen-bond donors (Lipinski definition) is 1. The van der Waals surface area contributed by atoms with Crippen LogP contribution in [0.1, 0.15) is 35.8 Å². The van der Waals surface area contributed by atoms with Gasteiger partial charge in [0.05, 0.1) is 11.1 Å². The molecule has 0 fully saturated rings. The van der Waals surface area contributed by atoms with Crippen LogP contribution >= 0.6 is 0 Å². The Morgan fingerprint density at radius 2 is 2.06 bits per heavy atom. The molecule has 0 aliphatic heterocycles. The summed E-state index contributed by atoms with van der Waals surface area (Å²) in [4.78, 5) is 11.2. The lowest BCUT2D eigenvalue weighted by Crippen LogP contribution is -2.04. The average molecular weight is 217 g/mol. The van der Waals surface area contributed by atoms with E-state index in [1.165, 1.54) is 0 Å². The molecule has 0 spiro atoms. The van der Waals surface area contributed by atoms with E-state index in [1.807, 2.05) is 23.8 Å². The van der Waals surface area contributed by atoms with Gasteiger partial charge in [-0.15, -0.1) is 0 Å². The number of aromatic nitrogens is 1. The molecule has 0 bridgehead atoms. The monoisotopic (exact) mass is 217 g/mol. The summed E-state index contributed by atoms with van der Waals surface area (Å²) in [5.41, 5.74) is 2.31. The maximum absolute atomic E-state index is 11.2. The highest BCUT2D eigenvalue weighted by molar-refractivity contribution is 6.03. The van der Waals surface area contributed by atoms with E-state index < -0.39 is 5.97 Å². The van der Waals surface area contributed by atoms with Crippen LogP contribution in [-0.2, 0) is 0 Å². The minimum Gasteiger partial charge on any atom is -0.478 e. The van der Waals surface area contributed by atoms with Gasteiger partial charge in [-0.3, -0.25) is 0 Å². The smallest absolute Gasteiger partial charge is 0.337 e. The van der Waals surface area contributed by atoms with E-state index in [0.29, 0.717) is 5.56 Å². The van der Waals surface area contributed by atoms with Crippen molar-refractivity contribution in [2.24, 2.45) is 0 Å². The molecule has 3 nitrogen and oxygen atoms in total. The number of fused-ring (bicyclic) bond motifs is 1. The minimum absolute atomic E-state index is 0.261. The Kier molecular flexibility index (Phi) is 2.46. The van der Waals surface area contributed by atoms with Crippen LogP contribution < -0.4 is 0 Å². The first kappa shape index (κ1) is 10.7. The number of carboxylic acid groups (broad SMARTS) is 1. The number of benzene rings is 1. The molecule has 0 amide bonds. The van der Waals surface area contributed by atoms with Gasteiger partial charge in [-0.2, -0.15) is 0 Å². The number of para-hydroxylation sites is 1. The van der Waals surface area contributed by atoms with Gasteiger partial charge in [-0.25, -0.2) is 4.79 Å². The molecule has 1 aromatic heterocycles. The summed E-state index contributed by atoms with van der Waals surface area (Å²) in [6.45, 7) is 6.11. The van der Waals surface area contributed by atoms with Crippen LogP contribution in [0.2, 0.25) is 0 Å². The number of hydrogen-bond acceptors (Lipinski definition) is 1. The van der Waals surface area contributed by atoms with Gasteiger partial charge < -0.3 is 9.67 Å². The summed E-state index contributed by atoms with van der Waals surface area (Å²) in [5.74, 6) is -0.870. The molecule has 1 heterocycles. The van der Waals surface area contributed by atoms with Crippen LogP contribution in [0, 0.1) is 6.92 Å². The summed E-state index contributed by atoms with van der Waals surface area (Å²) in [6.07, 6.45) is 2.02. The summed E-state index contributed by atoms with van der Waals surface area (Å²) in [7, 11) is 0. The van der Waals surface area contributed by atoms with Gasteiger partial charge in [0, 0.05) is 17.6 Å². The number of carbonyl (C=O) groups is 1. The second-order valence-corrected chi connectivity index (χ2v) is 4.32. The largest absolute Gasteiger partial charge is 0.478 e. The number of aromatic carboxylic acids is 1. The van der Waals surface area contributed by atoms with Crippen molar-refractivity contribution in [2.45, 2.75) is 26.8 Å². The zero-order valence-corrected chi connectivity index (χ0v) is 9.69. The predicted molar refractivity (Wildman–Crippen MR) is 64.0 cm³/mol. The second-order valence-electron chi connectivity index (χ2n) is 4.32. The first-order valence-corrected chi connectivity index (χ1v) is 5.36. The van der Waals surface area contributed by atoms with Crippen molar-refractivity contribution in [1.29, 1.82) is 0 Å². The number of nitrogens with zero attached hydrogens (tertiary/aromatic N) is 1. The van der Waals surface area contributed by atoms with Gasteiger partial charge in [0.25, 0.3) is 0 Å². The third kappa shape index (κ3) is 1.48. The van der Waals surface area contributed by atoms with Crippen molar-refractivity contribution in [3.63, 3.8) is 0 Å². The summed E-state index contributed by atoms with van der Waals surface area (Å²) in [6, 6.07) is 5.68. The fourth-order valence-electron chi connectivity index (χ4n) is 2.06. The van der Waals surface area contributed by atoms with E-state index in [4.69, 9.17) is 0 Å². The van der Waals surface area contributed by atoms with Crippen LogP contribution in [0.15, 0.2) is 24.4 Å². The van der Waals surface area contributed by atoms with Crippen molar-refractivity contribution >= 4 is 16.9 Å². The lowest BCUT2D eigenvalue weighted by atomic mass is 10.1. The normalized spacial score (nSPS) is 11.2. The lowest BCUT2D eigenvalue weighted by molar-refractivity contribution is 0.0698. The highest BCUT2D eigenvalue weighted by Crippen LogP contribution is 2.27. The summed E-state index contributed by atoms with van der Waals surface area (Å²) >= 11 is 0. The maximum Gasteiger partial charge on any atom is 0.337 e. The van der Waals surface area contributed by atoms with E-state index >= 15 is 0 Å². The molecular weight excluding hydrogens is 202 g/mol. The van der Waals surface area contributed by atoms with E-state index in [9.17, 15) is 9.90 Å². The van der Waals surface area contributed by atoms with Gasteiger partial charge in [0.2, 0.25) is 0 Å². The molecule has 0 saturated carbocycles. The Morgan fingerprint density at radius 3 is 2.62 bits per heavy atom. The van der Waals surface area contributed by atoms with Crippen LogP contribution in [0.4, 0.5) is 0 Å². The van der Waals surface area contributed by atoms with Crippen molar-refractivity contribution < 1.29 is 9.90 Å². The van der Waals surface area contributed by atoms with E-state index in [2.05, 4.69) is 13.8 Å². The quantitative estimate of drug-likeness (QED) is 0.839. The number of aryl methyl sites for hydroxylation is 1. The van der Waals surface area contributed by atoms with Gasteiger partial charge in [0.15, 0.2) is 0 Å². The Labute approximate surface area is 94.3 Å². The standard InChI is InChI=1S/C13H15NO2/c1-8(2)14-7-9(3)10-5-4-6-11(12(10)14)13(15)16/h4-8H,1-3H3,(H,15,16). The topological polar surface area (TPSA) is 42.2 Å². The van der Waals surface area contributed by atoms with Crippen LogP contribution in [0.5, 0.6) is 0 Å². The molecule has 0 atom stereocenters. The third-order valence-corrected chi connectivity index (χ3v) is 2.84. The first-order chi connectivity index (χ1) is 7.52. The fraction of sp³-hybridized carbons (Fsp3) is 0.308. The van der Waals surface area contributed by atoms with E-state index in [0.717, 1.165) is 16.5 Å². The molecule has 0 aliphatic carbocycles. The zero-order valence-electron chi connectivity index (χ0n) is 9.69. The Hall–Kier alpha value is -1.77. The Balaban J connectivity index is 2.88.